The predicted octanol–water partition coefficient (Wildman–Crippen LogP) is 2.40. The molecule has 0 aliphatic carbocycles. The van der Waals surface area contributed by atoms with E-state index in [1.807, 2.05) is 39.3 Å². The van der Waals surface area contributed by atoms with Crippen LogP contribution in [0.25, 0.3) is 0 Å². The maximum Gasteiger partial charge on any atom is 0.179 e. The molecule has 19 heavy (non-hydrogen) atoms. The van der Waals surface area contributed by atoms with Gasteiger partial charge in [-0.1, -0.05) is 0 Å². The molecule has 120 valence electrons. The van der Waals surface area contributed by atoms with Gasteiger partial charge in [0.1, 0.15) is 0 Å². The monoisotopic (exact) mass is 480 g/mol. The van der Waals surface area contributed by atoms with Crippen molar-refractivity contribution in [1.29, 1.82) is 0 Å². The van der Waals surface area contributed by atoms with E-state index >= 15 is 0 Å². The van der Waals surface area contributed by atoms with Crippen LogP contribution in [0.3, 0.4) is 0 Å². The first-order chi connectivity index (χ1) is 7.46. The summed E-state index contributed by atoms with van der Waals surface area (Å²) < 4.78 is 0. The van der Waals surface area contributed by atoms with Crippen LogP contribution in [0.2, 0.25) is 39.3 Å². The number of hydrogen-bond acceptors (Lipinski definition) is 4. The summed E-state index contributed by atoms with van der Waals surface area (Å²) in [6.45, 7) is 18.2. The van der Waals surface area contributed by atoms with E-state index in [-0.39, 0.29) is 38.1 Å². The minimum atomic E-state index is -1.61. The smallest absolute Gasteiger partial charge is 0.179 e. The molecular formula is C12H36HfO4Si2. The van der Waals surface area contributed by atoms with E-state index < -0.39 is 16.6 Å². The van der Waals surface area contributed by atoms with Gasteiger partial charge >= 0.3 is 0 Å². The minimum absolute atomic E-state index is 0. The average Bonchev–Trinajstić information content (AvgIpc) is 1.70. The summed E-state index contributed by atoms with van der Waals surface area (Å²) in [5, 5.41) is 16.1. The molecule has 0 aromatic heterocycles. The Kier molecular flexibility index (Phi) is 29.1. The van der Waals surface area contributed by atoms with Crippen molar-refractivity contribution in [3.63, 3.8) is 0 Å². The standard InChI is InChI=1S/2C3H10OSi.2C3H8O.Hf/c2*1-5(2,3)4;2*1-3(2)4;/h2*4H,1-3H3;2*3-4H,1-2H3;. The molecule has 0 bridgehead atoms. The van der Waals surface area contributed by atoms with Crippen LogP contribution in [0.15, 0.2) is 0 Å². The molecule has 0 atom stereocenters. The van der Waals surface area contributed by atoms with E-state index in [1.165, 1.54) is 0 Å². The van der Waals surface area contributed by atoms with Gasteiger partial charge in [-0.25, -0.2) is 0 Å². The van der Waals surface area contributed by atoms with Crippen LogP contribution >= 0.6 is 0 Å². The van der Waals surface area contributed by atoms with Gasteiger partial charge in [-0.2, -0.15) is 0 Å². The molecule has 0 saturated heterocycles. The van der Waals surface area contributed by atoms with Gasteiger partial charge in [0.05, 0.1) is 0 Å². The van der Waals surface area contributed by atoms with Gasteiger partial charge in [0.2, 0.25) is 0 Å². The molecule has 0 rings (SSSR count). The zero-order chi connectivity index (χ0) is 16.2. The quantitative estimate of drug-likeness (QED) is 0.403. The van der Waals surface area contributed by atoms with Crippen LogP contribution in [0, 0.1) is 0 Å². The topological polar surface area (TPSA) is 80.9 Å². The van der Waals surface area contributed by atoms with Gasteiger partial charge in [-0.3, -0.25) is 0 Å². The molecular weight excluding hydrogens is 443 g/mol. The molecule has 0 amide bonds. The molecule has 4 nitrogen and oxygen atoms in total. The van der Waals surface area contributed by atoms with E-state index in [4.69, 9.17) is 19.8 Å². The molecule has 0 fully saturated rings. The fraction of sp³-hybridized carbons (Fsp3) is 1.00. The van der Waals surface area contributed by atoms with E-state index in [1.54, 1.807) is 27.7 Å². The van der Waals surface area contributed by atoms with Crippen molar-refractivity contribution in [2.24, 2.45) is 0 Å². The molecule has 0 unspecified atom stereocenters. The van der Waals surface area contributed by atoms with E-state index in [0.29, 0.717) is 0 Å². The van der Waals surface area contributed by atoms with E-state index in [0.717, 1.165) is 0 Å². The van der Waals surface area contributed by atoms with Crippen molar-refractivity contribution >= 4 is 16.6 Å². The molecule has 0 aromatic carbocycles. The van der Waals surface area contributed by atoms with Crippen molar-refractivity contribution in [3.8, 4) is 0 Å². The summed E-state index contributed by atoms with van der Waals surface area (Å²) in [6, 6.07) is 0. The SMILES string of the molecule is CC(C)O.CC(C)O.C[Si](C)(C)O.C[Si](C)(C)O.[Hf]. The third kappa shape index (κ3) is 4300. The van der Waals surface area contributed by atoms with Crippen molar-refractivity contribution in [3.05, 3.63) is 0 Å². The molecule has 0 aromatic rings. The Morgan fingerprint density at radius 2 is 0.579 bits per heavy atom. The van der Waals surface area contributed by atoms with Crippen LogP contribution < -0.4 is 0 Å². The Balaban J connectivity index is -0.0000000453. The minimum Gasteiger partial charge on any atom is -0.433 e. The largest absolute Gasteiger partial charge is 0.433 e. The number of rotatable bonds is 0. The van der Waals surface area contributed by atoms with Gasteiger partial charge in [0, 0.05) is 38.1 Å². The van der Waals surface area contributed by atoms with Gasteiger partial charge in [-0.15, -0.1) is 0 Å². The van der Waals surface area contributed by atoms with Crippen molar-refractivity contribution in [2.45, 2.75) is 79.2 Å². The van der Waals surface area contributed by atoms with Crippen molar-refractivity contribution in [2.75, 3.05) is 0 Å². The normalized spacial score (nSPS) is 10.1. The van der Waals surface area contributed by atoms with Gasteiger partial charge in [0.25, 0.3) is 0 Å². The molecule has 0 aliphatic heterocycles. The Hall–Kier alpha value is 1.14. The van der Waals surface area contributed by atoms with Crippen LogP contribution in [0.5, 0.6) is 0 Å². The number of hydrogen-bond donors (Lipinski definition) is 4. The second kappa shape index (κ2) is 17.2. The average molecular weight is 479 g/mol. The second-order valence-electron chi connectivity index (χ2n) is 6.53. The zero-order valence-corrected chi connectivity index (χ0v) is 20.0. The summed E-state index contributed by atoms with van der Waals surface area (Å²) in [5.74, 6) is 0. The first-order valence-corrected chi connectivity index (χ1v) is 13.2. The molecule has 7 heteroatoms. The van der Waals surface area contributed by atoms with Gasteiger partial charge in [-0.05, 0) is 67.0 Å². The van der Waals surface area contributed by atoms with Crippen molar-refractivity contribution in [1.82, 2.24) is 0 Å². The molecule has 0 saturated carbocycles. The third-order valence-corrected chi connectivity index (χ3v) is 0. The summed E-state index contributed by atoms with van der Waals surface area (Å²) in [4.78, 5) is 17.3. The Morgan fingerprint density at radius 1 is 0.579 bits per heavy atom. The summed E-state index contributed by atoms with van der Waals surface area (Å²) in [5.41, 5.74) is 0. The van der Waals surface area contributed by atoms with Crippen LogP contribution in [0.4, 0.5) is 0 Å². The second-order valence-corrected chi connectivity index (χ2v) is 15.2. The van der Waals surface area contributed by atoms with Gasteiger partial charge < -0.3 is 19.8 Å². The Bertz CT molecular complexity index is 119. The van der Waals surface area contributed by atoms with Crippen molar-refractivity contribution < 1.29 is 45.6 Å². The predicted molar refractivity (Wildman–Crippen MR) is 85.8 cm³/mol. The van der Waals surface area contributed by atoms with Crippen LogP contribution in [0.1, 0.15) is 27.7 Å². The maximum absolute atomic E-state index is 8.66. The Labute approximate surface area is 141 Å². The zero-order valence-electron chi connectivity index (χ0n) is 14.4. The summed E-state index contributed by atoms with van der Waals surface area (Å²) in [6.07, 6.45) is -0.333. The maximum atomic E-state index is 8.66. The van der Waals surface area contributed by atoms with E-state index in [9.17, 15) is 0 Å². The number of aliphatic hydroxyl groups is 2. The van der Waals surface area contributed by atoms with Gasteiger partial charge in [0.15, 0.2) is 16.6 Å². The summed E-state index contributed by atoms with van der Waals surface area (Å²) in [7, 11) is -3.22. The first-order valence-electron chi connectivity index (χ1n) is 6.27. The Morgan fingerprint density at radius 3 is 0.579 bits per heavy atom. The molecule has 0 heterocycles. The molecule has 0 spiro atoms. The number of aliphatic hydroxyl groups excluding tert-OH is 2. The molecule has 4 N–H and O–H groups in total. The third-order valence-electron chi connectivity index (χ3n) is 0. The first kappa shape index (κ1) is 32.2. The molecule has 0 aliphatic rings. The van der Waals surface area contributed by atoms with Crippen LogP contribution in [-0.4, -0.2) is 48.6 Å². The summed E-state index contributed by atoms with van der Waals surface area (Å²) >= 11 is 0. The fourth-order valence-electron chi connectivity index (χ4n) is 0. The van der Waals surface area contributed by atoms with Crippen LogP contribution in [-0.2, 0) is 25.8 Å². The fourth-order valence-corrected chi connectivity index (χ4v) is 0. The van der Waals surface area contributed by atoms with E-state index in [2.05, 4.69) is 0 Å². The molecule has 0 radical (unpaired) electrons.